The van der Waals surface area contributed by atoms with Crippen LogP contribution >= 0.6 is 15.9 Å². The number of fused-ring (bicyclic) bond motifs is 1. The first kappa shape index (κ1) is 10.4. The summed E-state index contributed by atoms with van der Waals surface area (Å²) in [6, 6.07) is 16.0. The van der Waals surface area contributed by atoms with E-state index in [0.29, 0.717) is 0 Å². The number of rotatable bonds is 1. The van der Waals surface area contributed by atoms with E-state index in [1.165, 1.54) is 0 Å². The van der Waals surface area contributed by atoms with E-state index in [9.17, 15) is 0 Å². The fourth-order valence-corrected chi connectivity index (χ4v) is 2.10. The summed E-state index contributed by atoms with van der Waals surface area (Å²) in [5.74, 6) is 0. The van der Waals surface area contributed by atoms with Crippen molar-refractivity contribution >= 4 is 26.8 Å². The number of benzene rings is 1. The van der Waals surface area contributed by atoms with Crippen LogP contribution in [0, 0.1) is 0 Å². The van der Waals surface area contributed by atoms with Gasteiger partial charge in [-0.15, -0.1) is 0 Å². The van der Waals surface area contributed by atoms with Crippen molar-refractivity contribution in [3.8, 4) is 11.4 Å². The summed E-state index contributed by atoms with van der Waals surface area (Å²) in [5, 5.41) is 1.13. The Morgan fingerprint density at radius 2 is 1.76 bits per heavy atom. The molecule has 0 bridgehead atoms. The highest BCUT2D eigenvalue weighted by molar-refractivity contribution is 9.10. The molecule has 0 atom stereocenters. The second kappa shape index (κ2) is 4.26. The second-order valence-electron chi connectivity index (χ2n) is 3.75. The summed E-state index contributed by atoms with van der Waals surface area (Å²) in [4.78, 5) is 8.92. The lowest BCUT2D eigenvalue weighted by molar-refractivity contribution is 1.28. The van der Waals surface area contributed by atoms with Gasteiger partial charge in [-0.3, -0.25) is 4.98 Å². The Hall–Kier alpha value is -1.74. The Morgan fingerprint density at radius 3 is 2.59 bits per heavy atom. The molecular weight excluding hydrogens is 276 g/mol. The van der Waals surface area contributed by atoms with Crippen molar-refractivity contribution < 1.29 is 0 Å². The van der Waals surface area contributed by atoms with Crippen molar-refractivity contribution in [2.45, 2.75) is 0 Å². The summed E-state index contributed by atoms with van der Waals surface area (Å²) in [5.41, 5.74) is 2.77. The molecule has 17 heavy (non-hydrogen) atoms. The molecule has 0 aliphatic heterocycles. The smallest absolute Gasteiger partial charge is 0.0893 e. The van der Waals surface area contributed by atoms with Crippen LogP contribution < -0.4 is 0 Å². The normalized spacial score (nSPS) is 10.6. The third kappa shape index (κ3) is 2.06. The maximum absolute atomic E-state index is 4.61. The molecule has 0 radical (unpaired) electrons. The highest BCUT2D eigenvalue weighted by Gasteiger charge is 2.02. The molecule has 0 unspecified atom stereocenters. The van der Waals surface area contributed by atoms with Crippen LogP contribution in [-0.2, 0) is 0 Å². The van der Waals surface area contributed by atoms with Crippen LogP contribution in [0.1, 0.15) is 0 Å². The first-order chi connectivity index (χ1) is 8.33. The molecule has 0 N–H and O–H groups in total. The van der Waals surface area contributed by atoms with Crippen molar-refractivity contribution in [1.82, 2.24) is 9.97 Å². The van der Waals surface area contributed by atoms with Gasteiger partial charge in [0.25, 0.3) is 0 Å². The van der Waals surface area contributed by atoms with Crippen LogP contribution in [-0.4, -0.2) is 9.97 Å². The van der Waals surface area contributed by atoms with E-state index in [1.807, 2.05) is 36.4 Å². The van der Waals surface area contributed by atoms with Gasteiger partial charge >= 0.3 is 0 Å². The minimum absolute atomic E-state index is 0.898. The predicted molar refractivity (Wildman–Crippen MR) is 72.7 cm³/mol. The van der Waals surface area contributed by atoms with E-state index in [4.69, 9.17) is 0 Å². The topological polar surface area (TPSA) is 25.8 Å². The lowest BCUT2D eigenvalue weighted by Gasteiger charge is -2.02. The lowest BCUT2D eigenvalue weighted by Crippen LogP contribution is -1.87. The molecule has 2 heterocycles. The zero-order chi connectivity index (χ0) is 11.7. The molecule has 2 nitrogen and oxygen atoms in total. The molecule has 3 rings (SSSR count). The van der Waals surface area contributed by atoms with Crippen LogP contribution in [0.15, 0.2) is 59.2 Å². The zero-order valence-corrected chi connectivity index (χ0v) is 10.6. The van der Waals surface area contributed by atoms with Crippen molar-refractivity contribution in [2.24, 2.45) is 0 Å². The molecule has 0 spiro atoms. The predicted octanol–water partition coefficient (Wildman–Crippen LogP) is 4.06. The molecule has 2 aromatic heterocycles. The van der Waals surface area contributed by atoms with Gasteiger partial charge in [-0.05, 0) is 30.3 Å². The fourth-order valence-electron chi connectivity index (χ4n) is 1.75. The van der Waals surface area contributed by atoms with Gasteiger partial charge < -0.3 is 0 Å². The van der Waals surface area contributed by atoms with Crippen LogP contribution in [0.3, 0.4) is 0 Å². The third-order valence-electron chi connectivity index (χ3n) is 2.58. The molecule has 0 amide bonds. The summed E-state index contributed by atoms with van der Waals surface area (Å²) in [7, 11) is 0. The molecule has 0 aliphatic carbocycles. The Kier molecular flexibility index (Phi) is 2.61. The van der Waals surface area contributed by atoms with Crippen LogP contribution in [0.25, 0.3) is 22.3 Å². The van der Waals surface area contributed by atoms with Gasteiger partial charge in [0.1, 0.15) is 0 Å². The van der Waals surface area contributed by atoms with Crippen molar-refractivity contribution in [3.63, 3.8) is 0 Å². The van der Waals surface area contributed by atoms with Gasteiger partial charge in [0.05, 0.1) is 16.9 Å². The Labute approximate surface area is 107 Å². The SMILES string of the molecule is Brc1ccc2ccc(-c3ccccn3)nc2c1. The minimum Gasteiger partial charge on any atom is -0.255 e. The largest absolute Gasteiger partial charge is 0.255 e. The second-order valence-corrected chi connectivity index (χ2v) is 4.66. The number of hydrogen-bond acceptors (Lipinski definition) is 2. The third-order valence-corrected chi connectivity index (χ3v) is 3.07. The molecule has 0 saturated carbocycles. The van der Waals surface area contributed by atoms with Crippen molar-refractivity contribution in [2.75, 3.05) is 0 Å². The standard InChI is InChI=1S/C14H9BrN2/c15-11-6-4-10-5-7-13(17-14(10)9-11)12-3-1-2-8-16-12/h1-9H. The van der Waals surface area contributed by atoms with E-state index in [1.54, 1.807) is 6.20 Å². The van der Waals surface area contributed by atoms with Crippen LogP contribution in [0.5, 0.6) is 0 Å². The van der Waals surface area contributed by atoms with Crippen molar-refractivity contribution in [3.05, 3.63) is 59.2 Å². The molecule has 0 fully saturated rings. The van der Waals surface area contributed by atoms with E-state index in [0.717, 1.165) is 26.8 Å². The summed E-state index contributed by atoms with van der Waals surface area (Å²) in [6.07, 6.45) is 1.78. The number of aromatic nitrogens is 2. The van der Waals surface area contributed by atoms with E-state index >= 15 is 0 Å². The molecule has 0 aliphatic rings. The molecular formula is C14H9BrN2. The van der Waals surface area contributed by atoms with E-state index in [-0.39, 0.29) is 0 Å². The first-order valence-corrected chi connectivity index (χ1v) is 6.10. The highest BCUT2D eigenvalue weighted by atomic mass is 79.9. The monoisotopic (exact) mass is 284 g/mol. The number of halogens is 1. The van der Waals surface area contributed by atoms with E-state index in [2.05, 4.69) is 38.0 Å². The van der Waals surface area contributed by atoms with Gasteiger partial charge in [-0.25, -0.2) is 4.98 Å². The van der Waals surface area contributed by atoms with Gasteiger partial charge in [-0.2, -0.15) is 0 Å². The van der Waals surface area contributed by atoms with Crippen LogP contribution in [0.4, 0.5) is 0 Å². The Morgan fingerprint density at radius 1 is 0.882 bits per heavy atom. The Bertz CT molecular complexity index is 665. The first-order valence-electron chi connectivity index (χ1n) is 5.31. The average Bonchev–Trinajstić information content (AvgIpc) is 2.39. The summed E-state index contributed by atoms with van der Waals surface area (Å²) in [6.45, 7) is 0. The zero-order valence-electron chi connectivity index (χ0n) is 8.97. The molecule has 1 aromatic carbocycles. The molecule has 0 saturated heterocycles. The summed E-state index contributed by atoms with van der Waals surface area (Å²) < 4.78 is 1.04. The van der Waals surface area contributed by atoms with Crippen molar-refractivity contribution in [1.29, 1.82) is 0 Å². The maximum atomic E-state index is 4.61. The van der Waals surface area contributed by atoms with Gasteiger partial charge in [0, 0.05) is 16.1 Å². The van der Waals surface area contributed by atoms with Gasteiger partial charge in [-0.1, -0.05) is 34.1 Å². The fraction of sp³-hybridized carbons (Fsp3) is 0. The van der Waals surface area contributed by atoms with Crippen LogP contribution in [0.2, 0.25) is 0 Å². The number of nitrogens with zero attached hydrogens (tertiary/aromatic N) is 2. The van der Waals surface area contributed by atoms with Gasteiger partial charge in [0.2, 0.25) is 0 Å². The van der Waals surface area contributed by atoms with Gasteiger partial charge in [0.15, 0.2) is 0 Å². The maximum Gasteiger partial charge on any atom is 0.0893 e. The summed E-state index contributed by atoms with van der Waals surface area (Å²) >= 11 is 3.46. The Balaban J connectivity index is 2.19. The minimum atomic E-state index is 0.898. The highest BCUT2D eigenvalue weighted by Crippen LogP contribution is 2.21. The van der Waals surface area contributed by atoms with E-state index < -0.39 is 0 Å². The lowest BCUT2D eigenvalue weighted by atomic mass is 10.2. The average molecular weight is 285 g/mol. The molecule has 3 aromatic rings. The number of hydrogen-bond donors (Lipinski definition) is 0. The molecule has 82 valence electrons. The molecule has 3 heteroatoms. The number of pyridine rings is 2. The quantitative estimate of drug-likeness (QED) is 0.673.